The fourth-order valence-corrected chi connectivity index (χ4v) is 5.05. The maximum absolute atomic E-state index is 12.8. The standard InChI is InChI=1S/C29H44O4Si/c1-8-16-25(28(30)31-9-2)21-26(32-22-23-17-12-10-13-18-23)27(24-19-14-11-15-20-24)33-34(6,7)29(3,4)5/h10-15,17-20,25-27H,8-9,16,21-22H2,1-7H3/t25-,26+,27+/m1/s1. The molecule has 3 atom stereocenters. The summed E-state index contributed by atoms with van der Waals surface area (Å²) in [7, 11) is -2.13. The summed E-state index contributed by atoms with van der Waals surface area (Å²) >= 11 is 0. The summed E-state index contributed by atoms with van der Waals surface area (Å²) in [6, 6.07) is 20.5. The molecule has 0 saturated heterocycles. The van der Waals surface area contributed by atoms with Gasteiger partial charge in [0.25, 0.3) is 0 Å². The zero-order valence-corrected chi connectivity index (χ0v) is 23.2. The maximum atomic E-state index is 12.8. The molecule has 34 heavy (non-hydrogen) atoms. The van der Waals surface area contributed by atoms with Gasteiger partial charge in [0.1, 0.15) is 0 Å². The van der Waals surface area contributed by atoms with Gasteiger partial charge < -0.3 is 13.9 Å². The first-order valence-electron chi connectivity index (χ1n) is 12.6. The van der Waals surface area contributed by atoms with Gasteiger partial charge in [-0.3, -0.25) is 4.79 Å². The third kappa shape index (κ3) is 8.37. The van der Waals surface area contributed by atoms with Crippen LogP contribution in [-0.2, 0) is 25.3 Å². The molecule has 0 aliphatic heterocycles. The lowest BCUT2D eigenvalue weighted by Gasteiger charge is -2.42. The summed E-state index contributed by atoms with van der Waals surface area (Å²) in [5.41, 5.74) is 2.19. The minimum Gasteiger partial charge on any atom is -0.466 e. The average molecular weight is 485 g/mol. The number of rotatable bonds is 13. The van der Waals surface area contributed by atoms with Crippen LogP contribution in [0.15, 0.2) is 60.7 Å². The molecule has 188 valence electrons. The first kappa shape index (κ1) is 28.3. The zero-order chi connectivity index (χ0) is 25.2. The summed E-state index contributed by atoms with van der Waals surface area (Å²) < 4.78 is 19.1. The molecule has 0 bridgehead atoms. The Morgan fingerprint density at radius 2 is 1.53 bits per heavy atom. The lowest BCUT2D eigenvalue weighted by molar-refractivity contribution is -0.151. The van der Waals surface area contributed by atoms with Crippen molar-refractivity contribution in [3.05, 3.63) is 71.8 Å². The molecule has 0 heterocycles. The summed E-state index contributed by atoms with van der Waals surface area (Å²) in [4.78, 5) is 12.8. The second-order valence-electron chi connectivity index (χ2n) is 10.5. The monoisotopic (exact) mass is 484 g/mol. The summed E-state index contributed by atoms with van der Waals surface area (Å²) in [6.07, 6.45) is 1.70. The van der Waals surface area contributed by atoms with Crippen LogP contribution in [0.3, 0.4) is 0 Å². The van der Waals surface area contributed by atoms with E-state index in [0.29, 0.717) is 19.6 Å². The van der Waals surface area contributed by atoms with Gasteiger partial charge in [0.05, 0.1) is 31.3 Å². The highest BCUT2D eigenvalue weighted by molar-refractivity contribution is 6.74. The second-order valence-corrected chi connectivity index (χ2v) is 15.3. The van der Waals surface area contributed by atoms with E-state index in [1.165, 1.54) is 0 Å². The highest BCUT2D eigenvalue weighted by Crippen LogP contribution is 2.42. The Morgan fingerprint density at radius 3 is 2.06 bits per heavy atom. The minimum atomic E-state index is -2.13. The van der Waals surface area contributed by atoms with E-state index in [2.05, 4.69) is 65.1 Å². The molecule has 0 fully saturated rings. The van der Waals surface area contributed by atoms with Crippen molar-refractivity contribution in [2.24, 2.45) is 5.92 Å². The van der Waals surface area contributed by atoms with Crippen molar-refractivity contribution in [1.29, 1.82) is 0 Å². The van der Waals surface area contributed by atoms with Crippen LogP contribution in [-0.4, -0.2) is 27.0 Å². The highest BCUT2D eigenvalue weighted by atomic mass is 28.4. The quantitative estimate of drug-likeness (QED) is 0.216. The first-order valence-corrected chi connectivity index (χ1v) is 15.5. The van der Waals surface area contributed by atoms with Crippen molar-refractivity contribution in [3.8, 4) is 0 Å². The number of carbonyl (C=O) groups is 1. The molecular weight excluding hydrogens is 440 g/mol. The summed E-state index contributed by atoms with van der Waals surface area (Å²) in [5, 5.41) is 0.0496. The molecule has 0 spiro atoms. The Kier molecular flexibility index (Phi) is 11.0. The van der Waals surface area contributed by atoms with Gasteiger partial charge in [-0.05, 0) is 49.0 Å². The molecule has 0 amide bonds. The Labute approximate surface area is 208 Å². The van der Waals surface area contributed by atoms with Gasteiger partial charge in [0.2, 0.25) is 0 Å². The molecule has 2 rings (SSSR count). The predicted octanol–water partition coefficient (Wildman–Crippen LogP) is 7.70. The Hall–Kier alpha value is -1.95. The summed E-state index contributed by atoms with van der Waals surface area (Å²) in [5.74, 6) is -0.364. The second kappa shape index (κ2) is 13.2. The molecule has 0 aliphatic rings. The third-order valence-electron chi connectivity index (χ3n) is 6.77. The Balaban J connectivity index is 2.44. The van der Waals surface area contributed by atoms with Crippen molar-refractivity contribution in [2.75, 3.05) is 6.61 Å². The number of benzene rings is 2. The molecule has 0 N–H and O–H groups in total. The maximum Gasteiger partial charge on any atom is 0.309 e. The van der Waals surface area contributed by atoms with Gasteiger partial charge in [-0.1, -0.05) is 94.8 Å². The fourth-order valence-electron chi connectivity index (χ4n) is 3.77. The average Bonchev–Trinajstić information content (AvgIpc) is 2.80. The van der Waals surface area contributed by atoms with E-state index in [9.17, 15) is 4.79 Å². The van der Waals surface area contributed by atoms with Crippen LogP contribution in [0, 0.1) is 5.92 Å². The van der Waals surface area contributed by atoms with Crippen molar-refractivity contribution >= 4 is 14.3 Å². The number of hydrogen-bond donors (Lipinski definition) is 0. The summed E-state index contributed by atoms with van der Waals surface area (Å²) in [6.45, 7) is 16.1. The van der Waals surface area contributed by atoms with Gasteiger partial charge in [-0.15, -0.1) is 0 Å². The SMILES string of the molecule is CCC[C@H](C[C@H](OCc1ccccc1)[C@@H](O[Si](C)(C)C(C)(C)C)c1ccccc1)C(=O)OCC. The number of carbonyl (C=O) groups excluding carboxylic acids is 1. The van der Waals surface area contributed by atoms with Gasteiger partial charge in [-0.25, -0.2) is 0 Å². The number of esters is 1. The van der Waals surface area contributed by atoms with Crippen LogP contribution in [0.25, 0.3) is 0 Å². The van der Waals surface area contributed by atoms with Crippen LogP contribution in [0.2, 0.25) is 18.1 Å². The Morgan fingerprint density at radius 1 is 0.941 bits per heavy atom. The zero-order valence-electron chi connectivity index (χ0n) is 22.2. The first-order chi connectivity index (χ1) is 16.1. The molecule has 5 heteroatoms. The molecule has 0 unspecified atom stereocenters. The molecule has 0 aromatic heterocycles. The van der Waals surface area contributed by atoms with E-state index in [4.69, 9.17) is 13.9 Å². The van der Waals surface area contributed by atoms with Crippen LogP contribution in [0.1, 0.15) is 71.1 Å². The number of ether oxygens (including phenoxy) is 2. The lowest BCUT2D eigenvalue weighted by atomic mass is 9.91. The van der Waals surface area contributed by atoms with E-state index in [0.717, 1.165) is 24.0 Å². The van der Waals surface area contributed by atoms with Crippen LogP contribution in [0.4, 0.5) is 0 Å². The van der Waals surface area contributed by atoms with Gasteiger partial charge >= 0.3 is 5.97 Å². The van der Waals surface area contributed by atoms with E-state index in [1.807, 2.05) is 43.3 Å². The highest BCUT2D eigenvalue weighted by Gasteiger charge is 2.42. The van der Waals surface area contributed by atoms with Crippen LogP contribution >= 0.6 is 0 Å². The minimum absolute atomic E-state index is 0.0496. The lowest BCUT2D eigenvalue weighted by Crippen LogP contribution is -2.45. The van der Waals surface area contributed by atoms with Crippen molar-refractivity contribution in [1.82, 2.24) is 0 Å². The molecule has 0 radical (unpaired) electrons. The van der Waals surface area contributed by atoms with Crippen molar-refractivity contribution in [2.45, 2.75) is 90.8 Å². The molecule has 4 nitrogen and oxygen atoms in total. The fraction of sp³-hybridized carbons (Fsp3) is 0.552. The largest absolute Gasteiger partial charge is 0.466 e. The van der Waals surface area contributed by atoms with Crippen LogP contribution in [0.5, 0.6) is 0 Å². The topological polar surface area (TPSA) is 44.8 Å². The molecule has 2 aromatic carbocycles. The van der Waals surface area contributed by atoms with E-state index >= 15 is 0 Å². The van der Waals surface area contributed by atoms with E-state index in [-0.39, 0.29) is 29.1 Å². The van der Waals surface area contributed by atoms with Crippen molar-refractivity contribution in [3.63, 3.8) is 0 Å². The number of hydrogen-bond acceptors (Lipinski definition) is 4. The van der Waals surface area contributed by atoms with Crippen molar-refractivity contribution < 1.29 is 18.7 Å². The van der Waals surface area contributed by atoms with Gasteiger partial charge in [0.15, 0.2) is 8.32 Å². The van der Waals surface area contributed by atoms with Gasteiger partial charge in [0, 0.05) is 0 Å². The molecular formula is C29H44O4Si. The normalized spacial score (nSPS) is 14.9. The predicted molar refractivity (Wildman–Crippen MR) is 142 cm³/mol. The van der Waals surface area contributed by atoms with Gasteiger partial charge in [-0.2, -0.15) is 0 Å². The Bertz CT molecular complexity index is 845. The van der Waals surface area contributed by atoms with Crippen LogP contribution < -0.4 is 0 Å². The third-order valence-corrected chi connectivity index (χ3v) is 11.2. The molecule has 0 aliphatic carbocycles. The smallest absolute Gasteiger partial charge is 0.309 e. The van der Waals surface area contributed by atoms with E-state index in [1.54, 1.807) is 0 Å². The molecule has 2 aromatic rings. The molecule has 0 saturated carbocycles. The van der Waals surface area contributed by atoms with E-state index < -0.39 is 8.32 Å².